The molecule has 0 aromatic heterocycles. The maximum atomic E-state index is 12.4. The fourth-order valence-electron chi connectivity index (χ4n) is 3.30. The van der Waals surface area contributed by atoms with Crippen molar-refractivity contribution in [2.75, 3.05) is 33.8 Å². The van der Waals surface area contributed by atoms with Gasteiger partial charge in [0.1, 0.15) is 5.75 Å². The van der Waals surface area contributed by atoms with Gasteiger partial charge in [0.15, 0.2) is 23.0 Å². The zero-order valence-electron chi connectivity index (χ0n) is 19.9. The molecule has 3 N–H and O–H groups in total. The van der Waals surface area contributed by atoms with Crippen LogP contribution in [0, 0.1) is 0 Å². The Balaban J connectivity index is 1.75. The lowest BCUT2D eigenvalue weighted by Gasteiger charge is -2.13. The zero-order chi connectivity index (χ0) is 25.4. The van der Waals surface area contributed by atoms with Gasteiger partial charge in [-0.15, -0.1) is 0 Å². The molecule has 0 heterocycles. The van der Waals surface area contributed by atoms with Crippen LogP contribution in [0.2, 0.25) is 0 Å². The van der Waals surface area contributed by atoms with Crippen molar-refractivity contribution in [2.24, 2.45) is 0 Å². The van der Waals surface area contributed by atoms with E-state index in [0.29, 0.717) is 34.2 Å². The first-order valence-corrected chi connectivity index (χ1v) is 10.6. The molecule has 35 heavy (non-hydrogen) atoms. The third-order valence-electron chi connectivity index (χ3n) is 5.07. The highest BCUT2D eigenvalue weighted by atomic mass is 16.5. The van der Waals surface area contributed by atoms with E-state index in [2.05, 4.69) is 5.32 Å². The number of methoxy groups -OCH3 is 4. The molecule has 0 fully saturated rings. The van der Waals surface area contributed by atoms with Gasteiger partial charge >= 0.3 is 0 Å². The van der Waals surface area contributed by atoms with Crippen molar-refractivity contribution in [3.63, 3.8) is 0 Å². The van der Waals surface area contributed by atoms with Crippen LogP contribution in [0.15, 0.2) is 54.6 Å². The number of benzene rings is 3. The third-order valence-corrected chi connectivity index (χ3v) is 5.07. The summed E-state index contributed by atoms with van der Waals surface area (Å²) in [5.74, 6) is 1.25. The van der Waals surface area contributed by atoms with E-state index in [0.717, 1.165) is 11.1 Å². The van der Waals surface area contributed by atoms with Crippen molar-refractivity contribution in [3.8, 4) is 34.5 Å². The number of phenolic OH excluding ortho intramolecular Hbond substituents is 2. The molecule has 3 aromatic carbocycles. The number of rotatable bonds is 9. The number of phenols is 2. The molecule has 0 bridgehead atoms. The van der Waals surface area contributed by atoms with E-state index in [-0.39, 0.29) is 17.4 Å². The van der Waals surface area contributed by atoms with Crippen LogP contribution >= 0.6 is 0 Å². The van der Waals surface area contributed by atoms with Crippen LogP contribution in [0.4, 0.5) is 5.69 Å². The molecule has 3 aromatic rings. The minimum atomic E-state index is -0.378. The van der Waals surface area contributed by atoms with Gasteiger partial charge in [0.05, 0.1) is 34.1 Å². The second-order valence-electron chi connectivity index (χ2n) is 7.32. The number of amides is 1. The smallest absolute Gasteiger partial charge is 0.248 e. The number of nitrogens with one attached hydrogen (secondary N) is 1. The molecule has 0 spiro atoms. The zero-order valence-corrected chi connectivity index (χ0v) is 19.9. The average Bonchev–Trinajstić information content (AvgIpc) is 2.87. The van der Waals surface area contributed by atoms with Gasteiger partial charge in [-0.3, -0.25) is 4.79 Å². The summed E-state index contributed by atoms with van der Waals surface area (Å²) in [6.07, 6.45) is 6.64. The number of anilines is 1. The van der Waals surface area contributed by atoms with Crippen LogP contribution in [0.3, 0.4) is 0 Å². The molecule has 0 saturated carbocycles. The Kier molecular flexibility index (Phi) is 8.24. The Morgan fingerprint density at radius 2 is 1.26 bits per heavy atom. The summed E-state index contributed by atoms with van der Waals surface area (Å²) in [5, 5.41) is 21.7. The summed E-state index contributed by atoms with van der Waals surface area (Å²) in [5.41, 5.74) is 2.76. The van der Waals surface area contributed by atoms with E-state index in [1.165, 1.54) is 31.4 Å². The Bertz CT molecular complexity index is 1240. The van der Waals surface area contributed by atoms with E-state index >= 15 is 0 Å². The lowest BCUT2D eigenvalue weighted by Crippen LogP contribution is -2.09. The summed E-state index contributed by atoms with van der Waals surface area (Å²) < 4.78 is 21.6. The Hall–Kier alpha value is -4.59. The fourth-order valence-corrected chi connectivity index (χ4v) is 3.30. The van der Waals surface area contributed by atoms with Gasteiger partial charge in [-0.05, 0) is 59.2 Å². The van der Waals surface area contributed by atoms with Crippen LogP contribution in [-0.2, 0) is 4.79 Å². The maximum absolute atomic E-state index is 12.4. The van der Waals surface area contributed by atoms with Gasteiger partial charge in [0.2, 0.25) is 11.7 Å². The molecule has 1 amide bonds. The van der Waals surface area contributed by atoms with Gasteiger partial charge in [-0.25, -0.2) is 0 Å². The summed E-state index contributed by atoms with van der Waals surface area (Å²) in [6.45, 7) is 0. The quantitative estimate of drug-likeness (QED) is 0.227. The highest BCUT2D eigenvalue weighted by Crippen LogP contribution is 2.38. The first kappa shape index (κ1) is 25.0. The number of carbonyl (C=O) groups is 1. The molecule has 0 aliphatic carbocycles. The van der Waals surface area contributed by atoms with Crippen molar-refractivity contribution in [3.05, 3.63) is 71.3 Å². The van der Waals surface area contributed by atoms with Gasteiger partial charge in [-0.2, -0.15) is 0 Å². The third kappa shape index (κ3) is 6.26. The highest BCUT2D eigenvalue weighted by Gasteiger charge is 2.12. The molecule has 8 heteroatoms. The second-order valence-corrected chi connectivity index (χ2v) is 7.32. The molecule has 3 rings (SSSR count). The minimum Gasteiger partial charge on any atom is -0.504 e. The molecule has 182 valence electrons. The summed E-state index contributed by atoms with van der Waals surface area (Å²) in [6, 6.07) is 13.3. The molecule has 0 atom stereocenters. The summed E-state index contributed by atoms with van der Waals surface area (Å²) in [7, 11) is 6.20. The first-order chi connectivity index (χ1) is 16.9. The van der Waals surface area contributed by atoms with E-state index in [1.807, 2.05) is 30.4 Å². The fraction of sp³-hybridized carbons (Fsp3) is 0.148. The van der Waals surface area contributed by atoms with E-state index < -0.39 is 0 Å². The first-order valence-electron chi connectivity index (χ1n) is 10.6. The average molecular weight is 478 g/mol. The lowest BCUT2D eigenvalue weighted by molar-refractivity contribution is -0.111. The van der Waals surface area contributed by atoms with Gasteiger partial charge in [0.25, 0.3) is 0 Å². The minimum absolute atomic E-state index is 0.226. The second kappa shape index (κ2) is 11.5. The predicted octanol–water partition coefficient (Wildman–Crippen LogP) is 4.95. The molecule has 0 radical (unpaired) electrons. The number of hydrogen-bond acceptors (Lipinski definition) is 7. The molecule has 0 aliphatic rings. The van der Waals surface area contributed by atoms with Gasteiger partial charge in [-0.1, -0.05) is 24.3 Å². The number of carbonyl (C=O) groups excluding carboxylic acids is 1. The highest BCUT2D eigenvalue weighted by molar-refractivity contribution is 6.03. The van der Waals surface area contributed by atoms with Crippen molar-refractivity contribution in [1.29, 1.82) is 0 Å². The van der Waals surface area contributed by atoms with Crippen LogP contribution in [0.5, 0.6) is 34.5 Å². The van der Waals surface area contributed by atoms with Crippen LogP contribution in [0.1, 0.15) is 16.7 Å². The van der Waals surface area contributed by atoms with Gasteiger partial charge in [0, 0.05) is 6.08 Å². The Morgan fingerprint density at radius 1 is 0.686 bits per heavy atom. The van der Waals surface area contributed by atoms with E-state index in [9.17, 15) is 15.0 Å². The predicted molar refractivity (Wildman–Crippen MR) is 135 cm³/mol. The summed E-state index contributed by atoms with van der Waals surface area (Å²) in [4.78, 5) is 12.4. The largest absolute Gasteiger partial charge is 0.504 e. The molecule has 0 aliphatic heterocycles. The molecular formula is C27H27NO7. The normalized spacial score (nSPS) is 11.0. The SMILES string of the molecule is COc1cc(C=Cc2cc(OC)c(OC)c(OC)c2)ccc1NC(=O)/C=C/c1ccc(O)c(O)c1. The van der Waals surface area contributed by atoms with Crippen LogP contribution in [0.25, 0.3) is 18.2 Å². The van der Waals surface area contributed by atoms with Crippen molar-refractivity contribution in [1.82, 2.24) is 0 Å². The topological polar surface area (TPSA) is 106 Å². The Labute approximate surface area is 203 Å². The molecule has 8 nitrogen and oxygen atoms in total. The molecule has 0 saturated heterocycles. The van der Waals surface area contributed by atoms with Gasteiger partial charge < -0.3 is 34.5 Å². The monoisotopic (exact) mass is 477 g/mol. The molecule has 0 unspecified atom stereocenters. The van der Waals surface area contributed by atoms with Crippen LogP contribution < -0.4 is 24.3 Å². The van der Waals surface area contributed by atoms with Crippen molar-refractivity contribution in [2.45, 2.75) is 0 Å². The summed E-state index contributed by atoms with van der Waals surface area (Å²) >= 11 is 0. The van der Waals surface area contributed by atoms with E-state index in [4.69, 9.17) is 18.9 Å². The lowest BCUT2D eigenvalue weighted by atomic mass is 10.1. The number of aromatic hydroxyl groups is 2. The van der Waals surface area contributed by atoms with E-state index in [1.54, 1.807) is 39.5 Å². The standard InChI is InChI=1S/C27H27NO7/c1-32-23-14-18(5-6-19-15-24(33-2)27(35-4)25(16-19)34-3)7-10-20(23)28-26(31)12-9-17-8-11-21(29)22(30)13-17/h5-16,29-30H,1-4H3,(H,28,31)/b6-5?,12-9+. The maximum Gasteiger partial charge on any atom is 0.248 e. The van der Waals surface area contributed by atoms with Crippen LogP contribution in [-0.4, -0.2) is 44.6 Å². The number of hydrogen-bond donors (Lipinski definition) is 3. The van der Waals surface area contributed by atoms with Crippen molar-refractivity contribution < 1.29 is 34.0 Å². The number of ether oxygens (including phenoxy) is 4. The van der Waals surface area contributed by atoms with Crippen molar-refractivity contribution >= 4 is 29.8 Å². The molecular weight excluding hydrogens is 450 g/mol. The Morgan fingerprint density at radius 3 is 1.86 bits per heavy atom.